The van der Waals surface area contributed by atoms with Crippen molar-refractivity contribution in [2.75, 3.05) is 5.73 Å². The lowest BCUT2D eigenvalue weighted by molar-refractivity contribution is -0.104. The number of hydrogen-bond donors (Lipinski definition) is 1. The summed E-state index contributed by atoms with van der Waals surface area (Å²) in [6.45, 7) is 0. The van der Waals surface area contributed by atoms with Gasteiger partial charge in [0.05, 0.1) is 16.7 Å². The number of fused-ring (bicyclic) bond motifs is 1. The van der Waals surface area contributed by atoms with Crippen LogP contribution in [0.25, 0.3) is 11.0 Å². The molecule has 0 aliphatic heterocycles. The van der Waals surface area contributed by atoms with Gasteiger partial charge in [0.15, 0.2) is 6.29 Å². The van der Waals surface area contributed by atoms with Crippen molar-refractivity contribution in [3.63, 3.8) is 0 Å². The molecule has 2 rings (SSSR count). The zero-order chi connectivity index (χ0) is 11.7. The Morgan fingerprint density at radius 3 is 2.88 bits per heavy atom. The zero-order valence-corrected chi connectivity index (χ0v) is 8.73. The van der Waals surface area contributed by atoms with Gasteiger partial charge >= 0.3 is 0 Å². The van der Waals surface area contributed by atoms with Crippen molar-refractivity contribution >= 4 is 40.4 Å². The number of nitrogens with zero attached hydrogens (tertiary/aromatic N) is 2. The Morgan fingerprint density at radius 1 is 1.44 bits per heavy atom. The van der Waals surface area contributed by atoms with E-state index in [-0.39, 0.29) is 12.0 Å². The summed E-state index contributed by atoms with van der Waals surface area (Å²) >= 11 is 5.90. The van der Waals surface area contributed by atoms with Gasteiger partial charge in [0.2, 0.25) is 5.78 Å². The minimum absolute atomic E-state index is 0.0332. The monoisotopic (exact) mass is 235 g/mol. The first-order chi connectivity index (χ1) is 7.61. The number of Topliss-reactive ketones (excluding diaryl/α,β-unsaturated/α-hetero) is 1. The maximum absolute atomic E-state index is 11.1. The van der Waals surface area contributed by atoms with Gasteiger partial charge in [0, 0.05) is 5.69 Å². The van der Waals surface area contributed by atoms with Crippen LogP contribution in [0.5, 0.6) is 0 Å². The third kappa shape index (κ3) is 1.72. The fourth-order valence-electron chi connectivity index (χ4n) is 1.27. The third-order valence-electron chi connectivity index (χ3n) is 1.98. The fraction of sp³-hybridized carbons (Fsp3) is 0. The molecule has 1 aromatic heterocycles. The molecule has 0 saturated carbocycles. The van der Waals surface area contributed by atoms with Crippen LogP contribution in [0.2, 0.25) is 5.02 Å². The second-order valence-electron chi connectivity index (χ2n) is 3.11. The van der Waals surface area contributed by atoms with Crippen LogP contribution in [0.4, 0.5) is 5.69 Å². The molecule has 80 valence electrons. The number of ketones is 1. The molecule has 0 aliphatic rings. The van der Waals surface area contributed by atoms with Gasteiger partial charge in [-0.25, -0.2) is 4.98 Å². The average Bonchev–Trinajstić information content (AvgIpc) is 2.27. The van der Waals surface area contributed by atoms with Crippen molar-refractivity contribution in [2.45, 2.75) is 0 Å². The molecule has 0 radical (unpaired) electrons. The van der Waals surface area contributed by atoms with E-state index in [4.69, 9.17) is 17.3 Å². The Bertz CT molecular complexity index is 598. The molecule has 0 atom stereocenters. The predicted octanol–water partition coefficient (Wildman–Crippen LogP) is 1.25. The molecule has 0 unspecified atom stereocenters. The van der Waals surface area contributed by atoms with E-state index in [0.717, 1.165) is 0 Å². The molecule has 1 heterocycles. The first kappa shape index (κ1) is 10.5. The molecule has 0 spiro atoms. The van der Waals surface area contributed by atoms with Crippen LogP contribution in [0.15, 0.2) is 18.3 Å². The quantitative estimate of drug-likeness (QED) is 0.366. The van der Waals surface area contributed by atoms with E-state index in [1.807, 2.05) is 0 Å². The maximum atomic E-state index is 11.1. The third-order valence-corrected chi connectivity index (χ3v) is 2.27. The van der Waals surface area contributed by atoms with E-state index >= 15 is 0 Å². The van der Waals surface area contributed by atoms with Gasteiger partial charge in [0.25, 0.3) is 0 Å². The van der Waals surface area contributed by atoms with Gasteiger partial charge in [-0.15, -0.1) is 0 Å². The van der Waals surface area contributed by atoms with Gasteiger partial charge in [-0.2, -0.15) is 0 Å². The Kier molecular flexibility index (Phi) is 2.54. The molecule has 0 aliphatic carbocycles. The highest BCUT2D eigenvalue weighted by Crippen LogP contribution is 2.23. The van der Waals surface area contributed by atoms with Crippen molar-refractivity contribution in [1.82, 2.24) is 9.97 Å². The summed E-state index contributed by atoms with van der Waals surface area (Å²) in [5.74, 6) is -0.734. The van der Waals surface area contributed by atoms with Gasteiger partial charge in [-0.05, 0) is 12.1 Å². The molecule has 6 heteroatoms. The summed E-state index contributed by atoms with van der Waals surface area (Å²) in [5, 5.41) is 0.294. The standard InChI is InChI=1S/C10H6ClN3O2/c11-6-1-5(12)2-7-10(6)14-8(3-13-7)9(16)4-15/h1-4H,12H2. The Hall–Kier alpha value is -2.01. The zero-order valence-electron chi connectivity index (χ0n) is 7.98. The molecule has 0 amide bonds. The number of aldehydes is 1. The summed E-state index contributed by atoms with van der Waals surface area (Å²) in [6.07, 6.45) is 1.40. The largest absolute Gasteiger partial charge is 0.399 e. The molecule has 0 fully saturated rings. The molecule has 2 N–H and O–H groups in total. The molecular formula is C10H6ClN3O2. The number of aromatic nitrogens is 2. The normalized spacial score (nSPS) is 10.3. The summed E-state index contributed by atoms with van der Waals surface area (Å²) in [4.78, 5) is 29.3. The number of halogens is 1. The van der Waals surface area contributed by atoms with Gasteiger partial charge in [-0.3, -0.25) is 14.6 Å². The number of carbonyl (C=O) groups is 2. The second-order valence-corrected chi connectivity index (χ2v) is 3.52. The number of rotatable bonds is 2. The molecule has 2 aromatic rings. The smallest absolute Gasteiger partial charge is 0.245 e. The van der Waals surface area contributed by atoms with E-state index in [0.29, 0.717) is 21.7 Å². The van der Waals surface area contributed by atoms with Crippen molar-refractivity contribution in [3.05, 3.63) is 29.0 Å². The van der Waals surface area contributed by atoms with Gasteiger partial charge in [-0.1, -0.05) is 11.6 Å². The van der Waals surface area contributed by atoms with E-state index in [2.05, 4.69) is 9.97 Å². The Labute approximate surface area is 95.2 Å². The van der Waals surface area contributed by atoms with Crippen LogP contribution in [0, 0.1) is 0 Å². The highest BCUT2D eigenvalue weighted by molar-refractivity contribution is 6.36. The van der Waals surface area contributed by atoms with Crippen LogP contribution in [0.1, 0.15) is 10.5 Å². The molecular weight excluding hydrogens is 230 g/mol. The van der Waals surface area contributed by atoms with Crippen LogP contribution < -0.4 is 5.73 Å². The van der Waals surface area contributed by atoms with Gasteiger partial charge < -0.3 is 5.73 Å². The van der Waals surface area contributed by atoms with Crippen molar-refractivity contribution in [2.24, 2.45) is 0 Å². The first-order valence-corrected chi connectivity index (χ1v) is 4.71. The molecule has 16 heavy (non-hydrogen) atoms. The van der Waals surface area contributed by atoms with Crippen molar-refractivity contribution in [3.8, 4) is 0 Å². The lowest BCUT2D eigenvalue weighted by Gasteiger charge is -2.02. The number of nitrogens with two attached hydrogens (primary N) is 1. The van der Waals surface area contributed by atoms with Crippen molar-refractivity contribution in [1.29, 1.82) is 0 Å². The minimum Gasteiger partial charge on any atom is -0.399 e. The van der Waals surface area contributed by atoms with E-state index in [1.165, 1.54) is 12.3 Å². The Balaban J connectivity index is 2.71. The molecule has 0 saturated heterocycles. The first-order valence-electron chi connectivity index (χ1n) is 4.33. The maximum Gasteiger partial charge on any atom is 0.245 e. The van der Waals surface area contributed by atoms with Crippen LogP contribution in [-0.4, -0.2) is 22.0 Å². The summed E-state index contributed by atoms with van der Waals surface area (Å²) in [6, 6.07) is 3.09. The molecule has 1 aromatic carbocycles. The Morgan fingerprint density at radius 2 is 2.19 bits per heavy atom. The van der Waals surface area contributed by atoms with Crippen LogP contribution in [-0.2, 0) is 4.79 Å². The number of anilines is 1. The number of nitrogen functional groups attached to an aromatic ring is 1. The summed E-state index contributed by atoms with van der Waals surface area (Å²) < 4.78 is 0. The predicted molar refractivity (Wildman–Crippen MR) is 59.4 cm³/mol. The highest BCUT2D eigenvalue weighted by atomic mass is 35.5. The minimum atomic E-state index is -0.734. The highest BCUT2D eigenvalue weighted by Gasteiger charge is 2.10. The number of hydrogen-bond acceptors (Lipinski definition) is 5. The van der Waals surface area contributed by atoms with E-state index in [9.17, 15) is 9.59 Å². The van der Waals surface area contributed by atoms with Crippen molar-refractivity contribution < 1.29 is 9.59 Å². The number of carbonyl (C=O) groups excluding carboxylic acids is 2. The lowest BCUT2D eigenvalue weighted by Crippen LogP contribution is -2.04. The van der Waals surface area contributed by atoms with Gasteiger partial charge in [0.1, 0.15) is 11.2 Å². The fourth-order valence-corrected chi connectivity index (χ4v) is 1.54. The lowest BCUT2D eigenvalue weighted by atomic mass is 10.2. The summed E-state index contributed by atoms with van der Waals surface area (Å²) in [5.41, 5.74) is 6.83. The topological polar surface area (TPSA) is 85.9 Å². The summed E-state index contributed by atoms with van der Waals surface area (Å²) in [7, 11) is 0. The molecule has 5 nitrogen and oxygen atoms in total. The van der Waals surface area contributed by atoms with Crippen LogP contribution >= 0.6 is 11.6 Å². The molecule has 0 bridgehead atoms. The van der Waals surface area contributed by atoms with E-state index in [1.54, 1.807) is 6.07 Å². The number of benzene rings is 1. The SMILES string of the molecule is Nc1cc(Cl)c2nc(C(=O)C=O)cnc2c1. The van der Waals surface area contributed by atoms with Crippen LogP contribution in [0.3, 0.4) is 0 Å². The average molecular weight is 236 g/mol. The second kappa shape index (κ2) is 3.86. The van der Waals surface area contributed by atoms with E-state index < -0.39 is 5.78 Å².